The zero-order chi connectivity index (χ0) is 25.4. The standard InChI is InChI=1S/C26H21ClN6O3/c1-16(2)33(25(34)19-6-3-4-7-21(19)27)24-20(26(35)36)15-32(30-24)18-10-8-17(9-11-18)22-14-23-28-12-5-13-31(23)29-22/h3-16H,1-2H3,(H,35,36). The van der Waals surface area contributed by atoms with Gasteiger partial charge in [0, 0.05) is 36.3 Å². The number of hydrogen-bond donors (Lipinski definition) is 1. The van der Waals surface area contributed by atoms with E-state index in [-0.39, 0.29) is 28.0 Å². The van der Waals surface area contributed by atoms with Crippen LogP contribution in [0, 0.1) is 0 Å². The van der Waals surface area contributed by atoms with Gasteiger partial charge in [0.1, 0.15) is 5.56 Å². The number of aromatic carboxylic acids is 1. The van der Waals surface area contributed by atoms with Gasteiger partial charge in [-0.15, -0.1) is 5.10 Å². The van der Waals surface area contributed by atoms with E-state index in [2.05, 4.69) is 15.2 Å². The molecule has 3 heterocycles. The molecule has 0 saturated heterocycles. The number of carboxylic acids is 1. The quantitative estimate of drug-likeness (QED) is 0.352. The number of carboxylic acid groups (broad SMARTS) is 1. The molecule has 36 heavy (non-hydrogen) atoms. The lowest BCUT2D eigenvalue weighted by molar-refractivity contribution is 0.0697. The summed E-state index contributed by atoms with van der Waals surface area (Å²) in [6.07, 6.45) is 4.93. The Kier molecular flexibility index (Phi) is 5.99. The Bertz CT molecular complexity index is 1560. The molecule has 0 radical (unpaired) electrons. The Labute approximate surface area is 211 Å². The predicted octanol–water partition coefficient (Wildman–Crippen LogP) is 4.99. The first-order chi connectivity index (χ1) is 17.3. The summed E-state index contributed by atoms with van der Waals surface area (Å²) < 4.78 is 3.14. The molecular formula is C26H21ClN6O3. The maximum atomic E-state index is 13.4. The first-order valence-corrected chi connectivity index (χ1v) is 11.5. The molecule has 180 valence electrons. The van der Waals surface area contributed by atoms with E-state index in [9.17, 15) is 14.7 Å². The number of benzene rings is 2. The normalized spacial score (nSPS) is 11.2. The number of carbonyl (C=O) groups is 2. The number of hydrogen-bond acceptors (Lipinski definition) is 5. The van der Waals surface area contributed by atoms with Gasteiger partial charge in [-0.2, -0.15) is 5.10 Å². The Morgan fingerprint density at radius 1 is 1.00 bits per heavy atom. The van der Waals surface area contributed by atoms with Crippen LogP contribution < -0.4 is 4.90 Å². The predicted molar refractivity (Wildman–Crippen MR) is 136 cm³/mol. The summed E-state index contributed by atoms with van der Waals surface area (Å²) in [6.45, 7) is 3.58. The van der Waals surface area contributed by atoms with E-state index in [4.69, 9.17) is 11.6 Å². The monoisotopic (exact) mass is 500 g/mol. The van der Waals surface area contributed by atoms with Crippen molar-refractivity contribution >= 4 is 34.9 Å². The molecule has 0 atom stereocenters. The number of nitrogens with zero attached hydrogens (tertiary/aromatic N) is 6. The third-order valence-corrected chi connectivity index (χ3v) is 5.99. The van der Waals surface area contributed by atoms with Crippen LogP contribution in [0.3, 0.4) is 0 Å². The topological polar surface area (TPSA) is 106 Å². The molecule has 10 heteroatoms. The lowest BCUT2D eigenvalue weighted by Crippen LogP contribution is -2.38. The van der Waals surface area contributed by atoms with Crippen LogP contribution in [0.25, 0.3) is 22.6 Å². The highest BCUT2D eigenvalue weighted by Crippen LogP contribution is 2.28. The van der Waals surface area contributed by atoms with Crippen molar-refractivity contribution in [1.29, 1.82) is 0 Å². The number of halogens is 1. The van der Waals surface area contributed by atoms with Gasteiger partial charge in [0.05, 0.1) is 22.0 Å². The number of carbonyl (C=O) groups excluding carboxylic acids is 1. The minimum Gasteiger partial charge on any atom is -0.477 e. The summed E-state index contributed by atoms with van der Waals surface area (Å²) in [5, 5.41) is 19.2. The largest absolute Gasteiger partial charge is 0.477 e. The SMILES string of the molecule is CC(C)N(C(=O)c1ccccc1Cl)c1nn(-c2ccc(-c3cc4ncccn4n3)cc2)cc1C(=O)O. The summed E-state index contributed by atoms with van der Waals surface area (Å²) in [5.74, 6) is -1.58. The van der Waals surface area contributed by atoms with Crippen LogP contribution >= 0.6 is 11.6 Å². The molecule has 1 amide bonds. The molecule has 0 unspecified atom stereocenters. The number of aromatic nitrogens is 5. The van der Waals surface area contributed by atoms with Gasteiger partial charge in [-0.05, 0) is 44.2 Å². The van der Waals surface area contributed by atoms with E-state index in [0.29, 0.717) is 5.69 Å². The van der Waals surface area contributed by atoms with Crippen molar-refractivity contribution in [1.82, 2.24) is 24.4 Å². The molecule has 5 rings (SSSR count). The van der Waals surface area contributed by atoms with Crippen molar-refractivity contribution in [3.8, 4) is 16.9 Å². The van der Waals surface area contributed by atoms with Crippen LogP contribution in [0.1, 0.15) is 34.6 Å². The molecule has 5 aromatic rings. The Morgan fingerprint density at radius 2 is 1.75 bits per heavy atom. The maximum absolute atomic E-state index is 13.4. The second-order valence-corrected chi connectivity index (χ2v) is 8.77. The van der Waals surface area contributed by atoms with E-state index in [0.717, 1.165) is 16.9 Å². The number of anilines is 1. The van der Waals surface area contributed by atoms with E-state index >= 15 is 0 Å². The molecule has 0 bridgehead atoms. The summed E-state index contributed by atoms with van der Waals surface area (Å²) in [6, 6.07) is 17.3. The third-order valence-electron chi connectivity index (χ3n) is 5.66. The lowest BCUT2D eigenvalue weighted by Gasteiger charge is -2.25. The van der Waals surface area contributed by atoms with E-state index in [1.165, 1.54) is 15.8 Å². The zero-order valence-corrected chi connectivity index (χ0v) is 20.2. The maximum Gasteiger partial charge on any atom is 0.341 e. The van der Waals surface area contributed by atoms with Gasteiger partial charge in [0.15, 0.2) is 11.5 Å². The molecule has 1 N–H and O–H groups in total. The van der Waals surface area contributed by atoms with Gasteiger partial charge in [0.2, 0.25) is 0 Å². The molecule has 0 fully saturated rings. The zero-order valence-electron chi connectivity index (χ0n) is 19.4. The van der Waals surface area contributed by atoms with E-state index < -0.39 is 11.9 Å². The average Bonchev–Trinajstić information content (AvgIpc) is 3.49. The first kappa shape index (κ1) is 23.3. The Morgan fingerprint density at radius 3 is 2.42 bits per heavy atom. The third kappa shape index (κ3) is 4.20. The number of fused-ring (bicyclic) bond motifs is 1. The van der Waals surface area contributed by atoms with Crippen molar-refractivity contribution in [2.24, 2.45) is 0 Å². The van der Waals surface area contributed by atoms with Gasteiger partial charge in [-0.1, -0.05) is 35.9 Å². The molecule has 9 nitrogen and oxygen atoms in total. The molecule has 0 saturated carbocycles. The second-order valence-electron chi connectivity index (χ2n) is 8.36. The molecule has 2 aromatic carbocycles. The smallest absolute Gasteiger partial charge is 0.341 e. The van der Waals surface area contributed by atoms with Crippen LogP contribution in [0.2, 0.25) is 5.02 Å². The summed E-state index contributed by atoms with van der Waals surface area (Å²) >= 11 is 6.25. The molecule has 0 aliphatic heterocycles. The molecule has 0 aliphatic carbocycles. The van der Waals surface area contributed by atoms with E-state index in [1.54, 1.807) is 54.9 Å². The lowest BCUT2D eigenvalue weighted by atomic mass is 10.1. The fourth-order valence-electron chi connectivity index (χ4n) is 3.92. The minimum absolute atomic E-state index is 0.0397. The van der Waals surface area contributed by atoms with Crippen molar-refractivity contribution < 1.29 is 14.7 Å². The van der Waals surface area contributed by atoms with Crippen LogP contribution in [0.5, 0.6) is 0 Å². The van der Waals surface area contributed by atoms with E-state index in [1.807, 2.05) is 36.5 Å². The van der Waals surface area contributed by atoms with Crippen molar-refractivity contribution in [3.63, 3.8) is 0 Å². The minimum atomic E-state index is -1.19. The van der Waals surface area contributed by atoms with Crippen LogP contribution in [-0.4, -0.2) is 47.4 Å². The number of amides is 1. The van der Waals surface area contributed by atoms with Crippen LogP contribution in [-0.2, 0) is 0 Å². The highest BCUT2D eigenvalue weighted by Gasteiger charge is 2.30. The Hall–Kier alpha value is -4.50. The fraction of sp³-hybridized carbons (Fsp3) is 0.115. The summed E-state index contributed by atoms with van der Waals surface area (Å²) in [4.78, 5) is 31.1. The molecular weight excluding hydrogens is 480 g/mol. The van der Waals surface area contributed by atoms with Gasteiger partial charge >= 0.3 is 5.97 Å². The van der Waals surface area contributed by atoms with Gasteiger partial charge in [-0.3, -0.25) is 9.69 Å². The molecule has 0 spiro atoms. The van der Waals surface area contributed by atoms with Crippen molar-refractivity contribution in [2.45, 2.75) is 19.9 Å². The van der Waals surface area contributed by atoms with Crippen LogP contribution in [0.4, 0.5) is 5.82 Å². The Balaban J connectivity index is 1.52. The van der Waals surface area contributed by atoms with Gasteiger partial charge in [-0.25, -0.2) is 19.0 Å². The van der Waals surface area contributed by atoms with Gasteiger partial charge < -0.3 is 5.11 Å². The average molecular weight is 501 g/mol. The van der Waals surface area contributed by atoms with Crippen molar-refractivity contribution in [3.05, 3.63) is 95.4 Å². The molecule has 0 aliphatic rings. The van der Waals surface area contributed by atoms with Crippen molar-refractivity contribution in [2.75, 3.05) is 4.90 Å². The fourth-order valence-corrected chi connectivity index (χ4v) is 4.14. The number of rotatable bonds is 6. The second kappa shape index (κ2) is 9.27. The summed E-state index contributed by atoms with van der Waals surface area (Å²) in [5.41, 5.74) is 3.15. The summed E-state index contributed by atoms with van der Waals surface area (Å²) in [7, 11) is 0. The van der Waals surface area contributed by atoms with Crippen LogP contribution in [0.15, 0.2) is 79.3 Å². The molecule has 3 aromatic heterocycles. The highest BCUT2D eigenvalue weighted by molar-refractivity contribution is 6.34. The van der Waals surface area contributed by atoms with Gasteiger partial charge in [0.25, 0.3) is 5.91 Å². The first-order valence-electron chi connectivity index (χ1n) is 11.2. The highest BCUT2D eigenvalue weighted by atomic mass is 35.5.